The molecular weight excluding hydrogens is 252 g/mol. The zero-order valence-corrected chi connectivity index (χ0v) is 10.5. The molecule has 0 N–H and O–H groups in total. The Hall–Kier alpha value is -0.600. The minimum Gasteiger partial charge on any atom is -0.377 e. The van der Waals surface area contributed by atoms with Gasteiger partial charge in [0.15, 0.2) is 0 Å². The van der Waals surface area contributed by atoms with Gasteiger partial charge in [0.05, 0.1) is 6.61 Å². The van der Waals surface area contributed by atoms with Gasteiger partial charge in [-0.3, -0.25) is 0 Å². The van der Waals surface area contributed by atoms with Crippen LogP contribution in [0.25, 0.3) is 0 Å². The molecule has 0 aliphatic carbocycles. The van der Waals surface area contributed by atoms with E-state index >= 15 is 0 Å². The molecule has 0 atom stereocenters. The number of allylic oxidation sites excluding steroid dienone is 1. The van der Waals surface area contributed by atoms with E-state index in [2.05, 4.69) is 34.6 Å². The number of benzene rings is 1. The van der Waals surface area contributed by atoms with E-state index in [1.807, 2.05) is 18.2 Å². The van der Waals surface area contributed by atoms with Crippen molar-refractivity contribution >= 4 is 15.9 Å². The molecule has 15 heavy (non-hydrogen) atoms. The predicted molar refractivity (Wildman–Crippen MR) is 68.0 cm³/mol. The molecule has 0 aromatic heterocycles. The first kappa shape index (κ1) is 12.5. The maximum Gasteiger partial charge on any atom is 0.0716 e. The largest absolute Gasteiger partial charge is 0.377 e. The highest BCUT2D eigenvalue weighted by Crippen LogP contribution is 2.11. The van der Waals surface area contributed by atoms with Gasteiger partial charge in [0.1, 0.15) is 0 Å². The second-order valence-electron chi connectivity index (χ2n) is 3.51. The summed E-state index contributed by atoms with van der Waals surface area (Å²) in [6.45, 7) is 5.34. The smallest absolute Gasteiger partial charge is 0.0716 e. The van der Waals surface area contributed by atoms with Gasteiger partial charge in [-0.05, 0) is 29.3 Å². The van der Waals surface area contributed by atoms with E-state index in [9.17, 15) is 0 Å². The highest BCUT2D eigenvalue weighted by Gasteiger charge is 1.93. The maximum absolute atomic E-state index is 5.56. The second-order valence-corrected chi connectivity index (χ2v) is 4.63. The zero-order valence-electron chi connectivity index (χ0n) is 8.92. The van der Waals surface area contributed by atoms with Crippen LogP contribution in [0.4, 0.5) is 0 Å². The van der Waals surface area contributed by atoms with Crippen molar-refractivity contribution in [2.75, 3.05) is 6.61 Å². The Kier molecular flexibility index (Phi) is 6.37. The first-order chi connectivity index (χ1) is 7.29. The molecular formula is C13H17BrO. The topological polar surface area (TPSA) is 9.23 Å². The SMILES string of the molecule is C=C(Br)CCCCOCc1ccccc1. The van der Waals surface area contributed by atoms with Crippen LogP contribution in [-0.2, 0) is 11.3 Å². The Bertz CT molecular complexity index is 282. The lowest BCUT2D eigenvalue weighted by Crippen LogP contribution is -1.95. The van der Waals surface area contributed by atoms with Gasteiger partial charge < -0.3 is 4.74 Å². The molecule has 2 heteroatoms. The van der Waals surface area contributed by atoms with Crippen molar-refractivity contribution in [1.82, 2.24) is 0 Å². The van der Waals surface area contributed by atoms with Crippen LogP contribution in [0.2, 0.25) is 0 Å². The summed E-state index contributed by atoms with van der Waals surface area (Å²) in [6.07, 6.45) is 3.27. The van der Waals surface area contributed by atoms with Crippen LogP contribution >= 0.6 is 15.9 Å². The van der Waals surface area contributed by atoms with Crippen molar-refractivity contribution in [3.63, 3.8) is 0 Å². The minimum absolute atomic E-state index is 0.718. The number of halogens is 1. The second kappa shape index (κ2) is 7.66. The monoisotopic (exact) mass is 268 g/mol. The van der Waals surface area contributed by atoms with Gasteiger partial charge in [0.2, 0.25) is 0 Å². The number of ether oxygens (including phenoxy) is 1. The molecule has 1 rings (SSSR count). The fourth-order valence-corrected chi connectivity index (χ4v) is 1.57. The molecule has 0 fully saturated rings. The number of rotatable bonds is 7. The van der Waals surface area contributed by atoms with Crippen LogP contribution in [0.5, 0.6) is 0 Å². The quantitative estimate of drug-likeness (QED) is 0.671. The summed E-state index contributed by atoms with van der Waals surface area (Å²) in [6, 6.07) is 10.3. The normalized spacial score (nSPS) is 10.2. The fraction of sp³-hybridized carbons (Fsp3) is 0.385. The van der Waals surface area contributed by atoms with Crippen LogP contribution in [0.15, 0.2) is 41.4 Å². The van der Waals surface area contributed by atoms with Crippen molar-refractivity contribution in [2.24, 2.45) is 0 Å². The molecule has 0 bridgehead atoms. The molecule has 0 aliphatic heterocycles. The molecule has 0 saturated heterocycles. The van der Waals surface area contributed by atoms with E-state index in [1.165, 1.54) is 5.56 Å². The molecule has 0 aliphatic rings. The molecule has 0 heterocycles. The maximum atomic E-state index is 5.56. The lowest BCUT2D eigenvalue weighted by atomic mass is 10.2. The third-order valence-electron chi connectivity index (χ3n) is 2.10. The van der Waals surface area contributed by atoms with E-state index in [0.29, 0.717) is 0 Å². The Morgan fingerprint density at radius 2 is 1.93 bits per heavy atom. The lowest BCUT2D eigenvalue weighted by molar-refractivity contribution is 0.117. The molecule has 1 aromatic carbocycles. The fourth-order valence-electron chi connectivity index (χ4n) is 1.29. The molecule has 0 unspecified atom stereocenters. The molecule has 0 radical (unpaired) electrons. The van der Waals surface area contributed by atoms with Gasteiger partial charge >= 0.3 is 0 Å². The van der Waals surface area contributed by atoms with Gasteiger partial charge in [-0.2, -0.15) is 0 Å². The summed E-state index contributed by atoms with van der Waals surface area (Å²) in [5, 5.41) is 0. The number of hydrogen-bond donors (Lipinski definition) is 0. The van der Waals surface area contributed by atoms with Crippen LogP contribution < -0.4 is 0 Å². The molecule has 0 saturated carbocycles. The first-order valence-electron chi connectivity index (χ1n) is 5.24. The van der Waals surface area contributed by atoms with Gasteiger partial charge in [-0.25, -0.2) is 0 Å². The summed E-state index contributed by atoms with van der Waals surface area (Å²) in [5.41, 5.74) is 1.24. The third-order valence-corrected chi connectivity index (χ3v) is 2.49. The van der Waals surface area contributed by atoms with Gasteiger partial charge in [-0.15, -0.1) is 0 Å². The van der Waals surface area contributed by atoms with Crippen molar-refractivity contribution < 1.29 is 4.74 Å². The number of unbranched alkanes of at least 4 members (excludes halogenated alkanes) is 1. The molecule has 1 nitrogen and oxygen atoms in total. The zero-order chi connectivity index (χ0) is 10.9. The minimum atomic E-state index is 0.718. The molecule has 1 aromatic rings. The predicted octanol–water partition coefficient (Wildman–Crippen LogP) is 4.28. The molecule has 0 spiro atoms. The van der Waals surface area contributed by atoms with Crippen molar-refractivity contribution in [2.45, 2.75) is 25.9 Å². The average Bonchev–Trinajstić information content (AvgIpc) is 2.24. The summed E-state index contributed by atoms with van der Waals surface area (Å²) in [5.74, 6) is 0. The van der Waals surface area contributed by atoms with E-state index in [-0.39, 0.29) is 0 Å². The van der Waals surface area contributed by atoms with Crippen molar-refractivity contribution in [3.05, 3.63) is 47.0 Å². The Morgan fingerprint density at radius 1 is 1.20 bits per heavy atom. The van der Waals surface area contributed by atoms with Crippen molar-refractivity contribution in [3.8, 4) is 0 Å². The number of hydrogen-bond acceptors (Lipinski definition) is 1. The first-order valence-corrected chi connectivity index (χ1v) is 6.03. The van der Waals surface area contributed by atoms with Crippen molar-refractivity contribution in [1.29, 1.82) is 0 Å². The van der Waals surface area contributed by atoms with Crippen LogP contribution in [0.3, 0.4) is 0 Å². The molecule has 82 valence electrons. The Morgan fingerprint density at radius 3 is 2.60 bits per heavy atom. The van der Waals surface area contributed by atoms with Gasteiger partial charge in [0, 0.05) is 6.61 Å². The lowest BCUT2D eigenvalue weighted by Gasteiger charge is -2.03. The highest BCUT2D eigenvalue weighted by atomic mass is 79.9. The van der Waals surface area contributed by atoms with Gasteiger partial charge in [-0.1, -0.05) is 52.8 Å². The van der Waals surface area contributed by atoms with Crippen LogP contribution in [0, 0.1) is 0 Å². The summed E-state index contributed by atoms with van der Waals surface area (Å²) < 4.78 is 6.63. The van der Waals surface area contributed by atoms with E-state index < -0.39 is 0 Å². The summed E-state index contributed by atoms with van der Waals surface area (Å²) >= 11 is 3.34. The third kappa shape index (κ3) is 6.47. The Labute approximate surface area is 100 Å². The van der Waals surface area contributed by atoms with Crippen LogP contribution in [0.1, 0.15) is 24.8 Å². The molecule has 0 amide bonds. The van der Waals surface area contributed by atoms with Crippen LogP contribution in [-0.4, -0.2) is 6.61 Å². The van der Waals surface area contributed by atoms with Gasteiger partial charge in [0.25, 0.3) is 0 Å². The van der Waals surface area contributed by atoms with E-state index in [4.69, 9.17) is 4.74 Å². The standard InChI is InChI=1S/C13H17BrO/c1-12(14)7-5-6-10-15-11-13-8-3-2-4-9-13/h2-4,8-9H,1,5-7,10-11H2. The van der Waals surface area contributed by atoms with E-state index in [1.54, 1.807) is 0 Å². The van der Waals surface area contributed by atoms with E-state index in [0.717, 1.165) is 37.0 Å². The average molecular weight is 269 g/mol. The highest BCUT2D eigenvalue weighted by molar-refractivity contribution is 9.11. The summed E-state index contributed by atoms with van der Waals surface area (Å²) in [7, 11) is 0. The summed E-state index contributed by atoms with van der Waals surface area (Å²) in [4.78, 5) is 0. The Balaban J connectivity index is 2.00.